The average molecular weight is 309 g/mol. The van der Waals surface area contributed by atoms with Crippen molar-refractivity contribution < 1.29 is 18.0 Å². The Hall–Kier alpha value is -0.890. The number of hydrogen-bond donors (Lipinski definition) is 1. The van der Waals surface area contributed by atoms with Gasteiger partial charge in [-0.05, 0) is 19.8 Å². The summed E-state index contributed by atoms with van der Waals surface area (Å²) in [6, 6.07) is 0.224. The van der Waals surface area contributed by atoms with Crippen LogP contribution in [0.3, 0.4) is 0 Å². The molecule has 2 atom stereocenters. The van der Waals surface area contributed by atoms with E-state index in [0.717, 1.165) is 41.5 Å². The van der Waals surface area contributed by atoms with E-state index in [9.17, 15) is 18.0 Å². The molecule has 8 heteroatoms. The van der Waals surface area contributed by atoms with Crippen LogP contribution in [0.5, 0.6) is 0 Å². The van der Waals surface area contributed by atoms with Crippen LogP contribution in [0.25, 0.3) is 0 Å². The molecule has 20 heavy (non-hydrogen) atoms. The van der Waals surface area contributed by atoms with Crippen LogP contribution < -0.4 is 5.32 Å². The quantitative estimate of drug-likeness (QED) is 0.864. The average Bonchev–Trinajstić information content (AvgIpc) is 2.92. The van der Waals surface area contributed by atoms with Crippen LogP contribution in [0, 0.1) is 0 Å². The van der Waals surface area contributed by atoms with E-state index in [1.54, 1.807) is 4.90 Å². The molecule has 0 radical (unpaired) electrons. The molecule has 0 aromatic carbocycles. The zero-order chi connectivity index (χ0) is 14.9. The normalized spacial score (nSPS) is 27.1. The van der Waals surface area contributed by atoms with Crippen LogP contribution in [0.1, 0.15) is 19.8 Å². The number of thioether (sulfide) groups is 1. The number of hydrogen-bond acceptors (Lipinski definition) is 4. The Bertz CT molecular complexity index is 413. The van der Waals surface area contributed by atoms with Crippen molar-refractivity contribution in [2.24, 2.45) is 0 Å². The number of nitrogens with one attached hydrogen (secondary N) is 1. The summed E-state index contributed by atoms with van der Waals surface area (Å²) in [7, 11) is 1.37. The molecule has 2 heterocycles. The van der Waals surface area contributed by atoms with Gasteiger partial charge in [-0.15, -0.1) is 0 Å². The van der Waals surface area contributed by atoms with Crippen molar-refractivity contribution >= 4 is 17.7 Å². The zero-order valence-corrected chi connectivity index (χ0v) is 12.2. The molecule has 2 unspecified atom stereocenters. The second kappa shape index (κ2) is 5.85. The van der Waals surface area contributed by atoms with Crippen molar-refractivity contribution in [3.05, 3.63) is 11.1 Å². The first kappa shape index (κ1) is 15.5. The van der Waals surface area contributed by atoms with Gasteiger partial charge < -0.3 is 9.80 Å². The second-order valence-corrected chi connectivity index (χ2v) is 6.01. The van der Waals surface area contributed by atoms with Crippen molar-refractivity contribution in [3.8, 4) is 0 Å². The molecule has 1 fully saturated rings. The Kier molecular flexibility index (Phi) is 4.53. The number of likely N-dealkylation sites (tertiary alicyclic amines) is 1. The van der Waals surface area contributed by atoms with Gasteiger partial charge in [0.15, 0.2) is 0 Å². The Labute approximate surface area is 120 Å². The summed E-state index contributed by atoms with van der Waals surface area (Å²) >= 11 is 1.03. The van der Waals surface area contributed by atoms with E-state index < -0.39 is 17.4 Å². The van der Waals surface area contributed by atoms with Crippen LogP contribution in [-0.4, -0.2) is 53.6 Å². The molecule has 1 N–H and O–H groups in total. The Balaban J connectivity index is 1.83. The lowest BCUT2D eigenvalue weighted by atomic mass is 10.2. The Morgan fingerprint density at radius 3 is 2.75 bits per heavy atom. The summed E-state index contributed by atoms with van der Waals surface area (Å²) < 4.78 is 38.0. The van der Waals surface area contributed by atoms with E-state index in [1.165, 1.54) is 7.05 Å². The van der Waals surface area contributed by atoms with Crippen molar-refractivity contribution in [2.75, 3.05) is 20.1 Å². The Morgan fingerprint density at radius 1 is 1.55 bits per heavy atom. The van der Waals surface area contributed by atoms with E-state index in [2.05, 4.69) is 5.32 Å². The van der Waals surface area contributed by atoms with Gasteiger partial charge in [-0.2, -0.15) is 13.2 Å². The molecule has 2 rings (SSSR count). The monoisotopic (exact) mass is 309 g/mol. The minimum atomic E-state index is -4.36. The topological polar surface area (TPSA) is 35.6 Å². The number of rotatable bonds is 3. The van der Waals surface area contributed by atoms with Crippen LogP contribution in [-0.2, 0) is 4.79 Å². The molecule has 2 aliphatic heterocycles. The lowest BCUT2D eigenvalue weighted by Gasteiger charge is -2.27. The number of allylic oxidation sites excluding steroid dienone is 1. The van der Waals surface area contributed by atoms with Gasteiger partial charge in [0.05, 0.1) is 6.54 Å². The van der Waals surface area contributed by atoms with Gasteiger partial charge in [0, 0.05) is 25.0 Å². The summed E-state index contributed by atoms with van der Waals surface area (Å²) in [5.41, 5.74) is -1.23. The molecule has 1 amide bonds. The fourth-order valence-electron chi connectivity index (χ4n) is 2.46. The first-order valence-electron chi connectivity index (χ1n) is 6.49. The van der Waals surface area contributed by atoms with E-state index in [4.69, 9.17) is 0 Å². The molecule has 0 aromatic rings. The summed E-state index contributed by atoms with van der Waals surface area (Å²) in [6.07, 6.45) is -2.37. The molecule has 0 bridgehead atoms. The molecule has 4 nitrogen and oxygen atoms in total. The maximum atomic E-state index is 12.7. The lowest BCUT2D eigenvalue weighted by molar-refractivity contribution is -0.131. The smallest absolute Gasteiger partial charge is 0.346 e. The van der Waals surface area contributed by atoms with E-state index in [0.29, 0.717) is 0 Å². The van der Waals surface area contributed by atoms with Crippen molar-refractivity contribution in [1.29, 1.82) is 0 Å². The number of carbonyl (C=O) groups excluding carboxylic acids is 1. The number of carbonyl (C=O) groups is 1. The standard InChI is InChI=1S/C12H18F3N3OS/c1-8-4-3-5-18(8)10(19)6-16-11-17(2)9(7-20-11)12(13,14)15/h7-8,11,16H,3-6H2,1-2H3. The van der Waals surface area contributed by atoms with Crippen LogP contribution in [0.15, 0.2) is 11.1 Å². The van der Waals surface area contributed by atoms with Gasteiger partial charge in [0.25, 0.3) is 0 Å². The van der Waals surface area contributed by atoms with Crippen LogP contribution >= 0.6 is 11.8 Å². The van der Waals surface area contributed by atoms with Crippen LogP contribution in [0.2, 0.25) is 0 Å². The van der Waals surface area contributed by atoms with Crippen molar-refractivity contribution in [3.63, 3.8) is 0 Å². The SMILES string of the molecule is CC1CCCN1C(=O)CNC1SC=C(C(F)(F)F)N1C. The number of amides is 1. The van der Waals surface area contributed by atoms with Gasteiger partial charge in [-0.1, -0.05) is 11.8 Å². The van der Waals surface area contributed by atoms with Crippen molar-refractivity contribution in [2.45, 2.75) is 37.5 Å². The Morgan fingerprint density at radius 2 is 2.25 bits per heavy atom. The van der Waals surface area contributed by atoms with Gasteiger partial charge in [0.1, 0.15) is 11.2 Å². The largest absolute Gasteiger partial charge is 0.431 e. The van der Waals surface area contributed by atoms with Gasteiger partial charge >= 0.3 is 6.18 Å². The number of halogens is 3. The zero-order valence-electron chi connectivity index (χ0n) is 11.4. The van der Waals surface area contributed by atoms with E-state index in [-0.39, 0.29) is 18.5 Å². The lowest BCUT2D eigenvalue weighted by Crippen LogP contribution is -2.46. The summed E-state index contributed by atoms with van der Waals surface area (Å²) in [6.45, 7) is 2.79. The van der Waals surface area contributed by atoms with E-state index in [1.807, 2.05) is 6.92 Å². The van der Waals surface area contributed by atoms with E-state index >= 15 is 0 Å². The fourth-order valence-corrected chi connectivity index (χ4v) is 3.49. The number of nitrogens with zero attached hydrogens (tertiary/aromatic N) is 2. The first-order valence-corrected chi connectivity index (χ1v) is 7.43. The number of alkyl halides is 3. The molecule has 0 aromatic heterocycles. The minimum Gasteiger partial charge on any atom is -0.346 e. The summed E-state index contributed by atoms with van der Waals surface area (Å²) in [4.78, 5) is 14.9. The van der Waals surface area contributed by atoms with Gasteiger partial charge in [-0.3, -0.25) is 10.1 Å². The third-order valence-electron chi connectivity index (χ3n) is 3.63. The minimum absolute atomic E-state index is 0.0514. The third kappa shape index (κ3) is 3.22. The van der Waals surface area contributed by atoms with Crippen LogP contribution in [0.4, 0.5) is 13.2 Å². The predicted molar refractivity (Wildman–Crippen MR) is 71.7 cm³/mol. The third-order valence-corrected chi connectivity index (χ3v) is 4.73. The molecule has 114 valence electrons. The predicted octanol–water partition coefficient (Wildman–Crippen LogP) is 1.95. The second-order valence-electron chi connectivity index (χ2n) is 5.06. The highest BCUT2D eigenvalue weighted by Crippen LogP contribution is 2.37. The highest BCUT2D eigenvalue weighted by atomic mass is 32.2. The van der Waals surface area contributed by atoms with Gasteiger partial charge in [-0.25, -0.2) is 0 Å². The molecule has 2 aliphatic rings. The molecular formula is C12H18F3N3OS. The first-order chi connectivity index (χ1) is 9.30. The fraction of sp³-hybridized carbons (Fsp3) is 0.750. The molecular weight excluding hydrogens is 291 g/mol. The summed E-state index contributed by atoms with van der Waals surface area (Å²) in [5, 5.41) is 3.96. The van der Waals surface area contributed by atoms with Crippen molar-refractivity contribution in [1.82, 2.24) is 15.1 Å². The highest BCUT2D eigenvalue weighted by molar-refractivity contribution is 8.02. The molecule has 0 saturated carbocycles. The molecule has 0 spiro atoms. The highest BCUT2D eigenvalue weighted by Gasteiger charge is 2.42. The molecule has 1 saturated heterocycles. The summed E-state index contributed by atoms with van der Waals surface area (Å²) in [5.74, 6) is -0.0514. The maximum absolute atomic E-state index is 12.7. The van der Waals surface area contributed by atoms with Gasteiger partial charge in [0.2, 0.25) is 5.91 Å². The molecule has 0 aliphatic carbocycles. The maximum Gasteiger partial charge on any atom is 0.431 e.